The summed E-state index contributed by atoms with van der Waals surface area (Å²) in [4.78, 5) is 27.0. The number of carbonyl (C=O) groups excluding carboxylic acids is 2. The number of nitrogen functional groups attached to an aromatic ring is 1. The van der Waals surface area contributed by atoms with Gasteiger partial charge in [-0.2, -0.15) is 0 Å². The van der Waals surface area contributed by atoms with Crippen LogP contribution in [0, 0.1) is 11.8 Å². The van der Waals surface area contributed by atoms with E-state index in [1.54, 1.807) is 4.90 Å². The molecule has 3 fully saturated rings. The number of rotatable bonds is 3. The summed E-state index contributed by atoms with van der Waals surface area (Å²) in [5.41, 5.74) is 6.81. The van der Waals surface area contributed by atoms with Gasteiger partial charge in [0.1, 0.15) is 0 Å². The lowest BCUT2D eigenvalue weighted by molar-refractivity contribution is -0.142. The first-order valence-electron chi connectivity index (χ1n) is 8.35. The van der Waals surface area contributed by atoms with E-state index < -0.39 is 5.41 Å². The Labute approximate surface area is 130 Å². The van der Waals surface area contributed by atoms with E-state index in [-0.39, 0.29) is 17.7 Å². The maximum absolute atomic E-state index is 12.9. The zero-order chi connectivity index (χ0) is 15.3. The van der Waals surface area contributed by atoms with Gasteiger partial charge in [0.05, 0.1) is 11.3 Å². The van der Waals surface area contributed by atoms with Crippen LogP contribution in [-0.2, 0) is 15.0 Å². The molecule has 0 bridgehead atoms. The molecule has 4 heteroatoms. The summed E-state index contributed by atoms with van der Waals surface area (Å²) in [6, 6.07) is 7.46. The highest BCUT2D eigenvalue weighted by atomic mass is 16.2. The Morgan fingerprint density at radius 2 is 1.77 bits per heavy atom. The molecule has 2 amide bonds. The molecular formula is C18H22N2O2. The van der Waals surface area contributed by atoms with Gasteiger partial charge in [0.15, 0.2) is 0 Å². The van der Waals surface area contributed by atoms with Crippen LogP contribution in [0.15, 0.2) is 24.3 Å². The lowest BCUT2D eigenvalue weighted by atomic mass is 9.88. The van der Waals surface area contributed by atoms with E-state index in [4.69, 9.17) is 5.73 Å². The van der Waals surface area contributed by atoms with Crippen molar-refractivity contribution in [2.45, 2.75) is 43.9 Å². The van der Waals surface area contributed by atoms with E-state index >= 15 is 0 Å². The van der Waals surface area contributed by atoms with E-state index in [0.29, 0.717) is 24.6 Å². The third-order valence-electron chi connectivity index (χ3n) is 5.74. The maximum atomic E-state index is 12.9. The fourth-order valence-corrected chi connectivity index (χ4v) is 4.35. The van der Waals surface area contributed by atoms with Gasteiger partial charge in [-0.25, -0.2) is 0 Å². The van der Waals surface area contributed by atoms with Crippen molar-refractivity contribution >= 4 is 17.5 Å². The van der Waals surface area contributed by atoms with Crippen molar-refractivity contribution in [3.05, 3.63) is 29.8 Å². The fraction of sp³-hybridized carbons (Fsp3) is 0.556. The summed E-state index contributed by atoms with van der Waals surface area (Å²) >= 11 is 0. The molecule has 116 valence electrons. The minimum atomic E-state index is -0.570. The lowest BCUT2D eigenvalue weighted by Crippen LogP contribution is -2.40. The first-order valence-corrected chi connectivity index (χ1v) is 8.35. The minimum Gasteiger partial charge on any atom is -0.399 e. The molecule has 4 rings (SSSR count). The first kappa shape index (κ1) is 13.8. The molecule has 0 radical (unpaired) electrons. The van der Waals surface area contributed by atoms with Crippen LogP contribution in [0.3, 0.4) is 0 Å². The third kappa shape index (κ3) is 1.89. The molecule has 1 aromatic rings. The standard InChI is InChI=1S/C18H22N2O2/c19-14-8-6-13(7-9-14)18-10-15(18)16(21)20(17(18)22)11-12-4-2-1-3-5-12/h6-9,12,15H,1-5,10-11,19H2. The fourth-order valence-electron chi connectivity index (χ4n) is 4.35. The van der Waals surface area contributed by atoms with Gasteiger partial charge < -0.3 is 5.73 Å². The molecule has 1 aromatic carbocycles. The van der Waals surface area contributed by atoms with Gasteiger partial charge >= 0.3 is 0 Å². The maximum Gasteiger partial charge on any atom is 0.240 e. The topological polar surface area (TPSA) is 63.4 Å². The van der Waals surface area contributed by atoms with Gasteiger partial charge in [-0.3, -0.25) is 14.5 Å². The third-order valence-corrected chi connectivity index (χ3v) is 5.74. The monoisotopic (exact) mass is 298 g/mol. The van der Waals surface area contributed by atoms with Crippen LogP contribution in [0.2, 0.25) is 0 Å². The number of carbonyl (C=O) groups is 2. The molecule has 2 N–H and O–H groups in total. The van der Waals surface area contributed by atoms with Crippen LogP contribution in [0.1, 0.15) is 44.1 Å². The Morgan fingerprint density at radius 1 is 1.09 bits per heavy atom. The number of likely N-dealkylation sites (tertiary alicyclic amines) is 1. The second-order valence-corrected chi connectivity index (χ2v) is 7.11. The molecule has 2 unspecified atom stereocenters. The SMILES string of the molecule is Nc1ccc(C23CC2C(=O)N(CC2CCCCC2)C3=O)cc1. The van der Waals surface area contributed by atoms with Crippen LogP contribution in [0.25, 0.3) is 0 Å². The molecule has 2 atom stereocenters. The normalized spacial score (nSPS) is 31.5. The zero-order valence-electron chi connectivity index (χ0n) is 12.8. The molecule has 2 saturated carbocycles. The number of hydrogen-bond acceptors (Lipinski definition) is 3. The predicted octanol–water partition coefficient (Wildman–Crippen LogP) is 2.48. The molecule has 0 aromatic heterocycles. The lowest BCUT2D eigenvalue weighted by Gasteiger charge is -2.27. The quantitative estimate of drug-likeness (QED) is 0.689. The summed E-state index contributed by atoms with van der Waals surface area (Å²) in [5, 5.41) is 0. The van der Waals surface area contributed by atoms with E-state index in [1.807, 2.05) is 24.3 Å². The van der Waals surface area contributed by atoms with Crippen LogP contribution in [0.5, 0.6) is 0 Å². The highest BCUT2D eigenvalue weighted by Crippen LogP contribution is 2.60. The van der Waals surface area contributed by atoms with Crippen LogP contribution < -0.4 is 5.73 Å². The van der Waals surface area contributed by atoms with Crippen molar-refractivity contribution in [1.82, 2.24) is 4.90 Å². The van der Waals surface area contributed by atoms with Crippen molar-refractivity contribution < 1.29 is 9.59 Å². The van der Waals surface area contributed by atoms with Crippen LogP contribution in [0.4, 0.5) is 5.69 Å². The van der Waals surface area contributed by atoms with E-state index in [0.717, 1.165) is 18.4 Å². The summed E-state index contributed by atoms with van der Waals surface area (Å²) in [7, 11) is 0. The number of nitrogens with zero attached hydrogens (tertiary/aromatic N) is 1. The number of fused-ring (bicyclic) bond motifs is 1. The van der Waals surface area contributed by atoms with Crippen LogP contribution >= 0.6 is 0 Å². The average Bonchev–Trinajstić information content (AvgIpc) is 3.25. The van der Waals surface area contributed by atoms with E-state index in [2.05, 4.69) is 0 Å². The highest BCUT2D eigenvalue weighted by molar-refractivity contribution is 6.15. The molecule has 0 spiro atoms. The minimum absolute atomic E-state index is 0.0258. The van der Waals surface area contributed by atoms with Gasteiger partial charge in [0, 0.05) is 12.2 Å². The Hall–Kier alpha value is -1.84. The van der Waals surface area contributed by atoms with Crippen LogP contribution in [-0.4, -0.2) is 23.3 Å². The molecule has 3 aliphatic rings. The second-order valence-electron chi connectivity index (χ2n) is 7.11. The number of amides is 2. The van der Waals surface area contributed by atoms with Crippen molar-refractivity contribution in [2.24, 2.45) is 11.8 Å². The van der Waals surface area contributed by atoms with Gasteiger partial charge in [-0.1, -0.05) is 31.4 Å². The molecule has 22 heavy (non-hydrogen) atoms. The summed E-state index contributed by atoms with van der Waals surface area (Å²) in [6.45, 7) is 0.630. The number of benzene rings is 1. The van der Waals surface area contributed by atoms with Gasteiger partial charge in [0.2, 0.25) is 11.8 Å². The molecule has 1 heterocycles. The smallest absolute Gasteiger partial charge is 0.240 e. The summed E-state index contributed by atoms with van der Waals surface area (Å²) in [6.07, 6.45) is 6.72. The van der Waals surface area contributed by atoms with Crippen molar-refractivity contribution in [1.29, 1.82) is 0 Å². The Bertz CT molecular complexity index is 618. The van der Waals surface area contributed by atoms with E-state index in [9.17, 15) is 9.59 Å². The van der Waals surface area contributed by atoms with Gasteiger partial charge in [0.25, 0.3) is 0 Å². The molecular weight excluding hydrogens is 276 g/mol. The first-order chi connectivity index (χ1) is 10.6. The number of anilines is 1. The Balaban J connectivity index is 1.56. The average molecular weight is 298 g/mol. The Kier molecular flexibility index (Phi) is 3.03. The molecule has 1 aliphatic heterocycles. The second kappa shape index (κ2) is 4.83. The van der Waals surface area contributed by atoms with Crippen molar-refractivity contribution in [2.75, 3.05) is 12.3 Å². The van der Waals surface area contributed by atoms with Crippen molar-refractivity contribution in [3.63, 3.8) is 0 Å². The zero-order valence-corrected chi connectivity index (χ0v) is 12.8. The van der Waals surface area contributed by atoms with Gasteiger partial charge in [-0.05, 0) is 42.9 Å². The predicted molar refractivity (Wildman–Crippen MR) is 83.9 cm³/mol. The summed E-state index contributed by atoms with van der Waals surface area (Å²) in [5.74, 6) is 0.445. The number of nitrogens with two attached hydrogens (primary N) is 1. The molecule has 1 saturated heterocycles. The Morgan fingerprint density at radius 3 is 2.45 bits per heavy atom. The van der Waals surface area contributed by atoms with E-state index in [1.165, 1.54) is 19.3 Å². The van der Waals surface area contributed by atoms with Gasteiger partial charge in [-0.15, -0.1) is 0 Å². The molecule has 4 nitrogen and oxygen atoms in total. The number of hydrogen-bond donors (Lipinski definition) is 1. The number of imide groups is 1. The summed E-state index contributed by atoms with van der Waals surface area (Å²) < 4.78 is 0. The highest BCUT2D eigenvalue weighted by Gasteiger charge is 2.72. The molecule has 2 aliphatic carbocycles. The number of piperidine rings is 1. The van der Waals surface area contributed by atoms with Crippen molar-refractivity contribution in [3.8, 4) is 0 Å². The largest absolute Gasteiger partial charge is 0.399 e.